The maximum atomic E-state index is 13.8. The average Bonchev–Trinajstić information content (AvgIpc) is 3.10. The molecule has 4 rings (SSSR count). The second kappa shape index (κ2) is 6.90. The van der Waals surface area contributed by atoms with Crippen molar-refractivity contribution in [3.8, 4) is 11.3 Å². The molecule has 1 fully saturated rings. The van der Waals surface area contributed by atoms with E-state index in [0.717, 1.165) is 5.69 Å². The van der Waals surface area contributed by atoms with Gasteiger partial charge in [0.25, 0.3) is 0 Å². The molecule has 1 heterocycles. The van der Waals surface area contributed by atoms with E-state index in [1.165, 1.54) is 37.8 Å². The van der Waals surface area contributed by atoms with Gasteiger partial charge in [0.05, 0.1) is 18.0 Å². The van der Waals surface area contributed by atoms with E-state index in [0.29, 0.717) is 23.8 Å². The van der Waals surface area contributed by atoms with Crippen molar-refractivity contribution in [1.29, 1.82) is 0 Å². The van der Waals surface area contributed by atoms with E-state index in [1.807, 2.05) is 6.07 Å². The molecule has 1 aromatic carbocycles. The van der Waals surface area contributed by atoms with Crippen molar-refractivity contribution in [2.75, 3.05) is 6.61 Å². The number of hydrogen-bond acceptors (Lipinski definition) is 4. The van der Waals surface area contributed by atoms with Crippen molar-refractivity contribution in [2.45, 2.75) is 51.4 Å². The van der Waals surface area contributed by atoms with Gasteiger partial charge in [-0.05, 0) is 55.9 Å². The number of carbonyl (C=O) groups is 1. The van der Waals surface area contributed by atoms with Crippen molar-refractivity contribution in [3.05, 3.63) is 47.4 Å². The Hall–Kier alpha value is -2.30. The van der Waals surface area contributed by atoms with Crippen LogP contribution in [-0.4, -0.2) is 22.8 Å². The molecule has 0 saturated heterocycles. The summed E-state index contributed by atoms with van der Waals surface area (Å²) in [4.78, 5) is 9.82. The third kappa shape index (κ3) is 3.41. The Labute approximate surface area is 147 Å². The number of hydrogen-bond donors (Lipinski definition) is 0. The van der Waals surface area contributed by atoms with Gasteiger partial charge in [0, 0.05) is 17.9 Å². The highest BCUT2D eigenvalue weighted by molar-refractivity contribution is 5.65. The minimum absolute atomic E-state index is 0.209. The Morgan fingerprint density at radius 2 is 2.12 bits per heavy atom. The molecular weight excluding hydrogens is 319 g/mol. The molecule has 4 nitrogen and oxygen atoms in total. The van der Waals surface area contributed by atoms with Crippen LogP contribution in [0, 0.1) is 5.82 Å². The highest BCUT2D eigenvalue weighted by Gasteiger charge is 2.47. The van der Waals surface area contributed by atoms with Crippen LogP contribution in [0.5, 0.6) is 0 Å². The van der Waals surface area contributed by atoms with Gasteiger partial charge in [-0.3, -0.25) is 4.79 Å². The molecule has 2 aliphatic carbocycles. The van der Waals surface area contributed by atoms with Gasteiger partial charge in [-0.2, -0.15) is 10.2 Å². The molecule has 5 heteroatoms. The number of carbonyl (C=O) groups excluding carboxylic acids is 1. The van der Waals surface area contributed by atoms with Gasteiger partial charge in [0.1, 0.15) is 5.82 Å². The topological polar surface area (TPSA) is 52.1 Å². The van der Waals surface area contributed by atoms with E-state index >= 15 is 0 Å². The predicted molar refractivity (Wildman–Crippen MR) is 93.7 cm³/mol. The first kappa shape index (κ1) is 17.5. The van der Waals surface area contributed by atoms with E-state index in [2.05, 4.69) is 27.9 Å². The molecule has 2 bridgehead atoms. The zero-order valence-corrected chi connectivity index (χ0v) is 14.9. The number of rotatable bonds is 2. The molecular formula is C20H23FN2O2. The quantitative estimate of drug-likeness (QED) is 0.760. The lowest BCUT2D eigenvalue weighted by Gasteiger charge is -2.22. The van der Waals surface area contributed by atoms with Crippen LogP contribution >= 0.6 is 0 Å². The summed E-state index contributed by atoms with van der Waals surface area (Å²) < 4.78 is 18.2. The molecule has 0 unspecified atom stereocenters. The first-order chi connectivity index (χ1) is 11.9. The van der Waals surface area contributed by atoms with Gasteiger partial charge in [-0.25, -0.2) is 4.39 Å². The summed E-state index contributed by atoms with van der Waals surface area (Å²) in [5.74, 6) is 0.157. The molecule has 0 radical (unpaired) electrons. The van der Waals surface area contributed by atoms with Crippen molar-refractivity contribution in [2.24, 2.45) is 0 Å². The van der Waals surface area contributed by atoms with Crippen LogP contribution < -0.4 is 0 Å². The maximum absolute atomic E-state index is 13.8. The highest BCUT2D eigenvalue weighted by atomic mass is 19.1. The smallest absolute Gasteiger partial charge is 0.302 e. The van der Waals surface area contributed by atoms with Crippen LogP contribution in [0.2, 0.25) is 0 Å². The van der Waals surface area contributed by atoms with Gasteiger partial charge >= 0.3 is 5.97 Å². The van der Waals surface area contributed by atoms with E-state index in [1.54, 1.807) is 19.1 Å². The van der Waals surface area contributed by atoms with Crippen LogP contribution in [-0.2, 0) is 14.9 Å². The number of fused-ring (bicyclic) bond motifs is 5. The van der Waals surface area contributed by atoms with Crippen LogP contribution in [0.15, 0.2) is 30.3 Å². The minimum atomic E-state index is -0.230. The molecule has 132 valence electrons. The third-order valence-electron chi connectivity index (χ3n) is 5.07. The summed E-state index contributed by atoms with van der Waals surface area (Å²) in [5, 5.41) is 8.67. The molecule has 2 atom stereocenters. The number of aromatic nitrogens is 2. The van der Waals surface area contributed by atoms with Crippen molar-refractivity contribution < 1.29 is 13.9 Å². The van der Waals surface area contributed by atoms with E-state index in [4.69, 9.17) is 0 Å². The van der Waals surface area contributed by atoms with Crippen LogP contribution in [0.1, 0.15) is 57.2 Å². The van der Waals surface area contributed by atoms with Gasteiger partial charge in [-0.1, -0.05) is 19.1 Å². The number of benzene rings is 1. The lowest BCUT2D eigenvalue weighted by atomic mass is 9.85. The molecule has 1 saturated carbocycles. The van der Waals surface area contributed by atoms with E-state index in [9.17, 15) is 9.18 Å². The van der Waals surface area contributed by atoms with Crippen LogP contribution in [0.3, 0.4) is 0 Å². The van der Waals surface area contributed by atoms with E-state index in [-0.39, 0.29) is 17.2 Å². The number of halogens is 1. The largest absolute Gasteiger partial charge is 0.466 e. The first-order valence-corrected chi connectivity index (χ1v) is 8.71. The Balaban J connectivity index is 0.000000265. The Bertz CT molecular complexity index is 793. The number of ether oxygens (including phenoxy) is 1. The average molecular weight is 342 g/mol. The molecule has 1 aromatic heterocycles. The minimum Gasteiger partial charge on any atom is -0.466 e. The first-order valence-electron chi connectivity index (χ1n) is 8.71. The predicted octanol–water partition coefficient (Wildman–Crippen LogP) is 4.39. The fourth-order valence-electron chi connectivity index (χ4n) is 3.91. The number of nitrogens with zero attached hydrogens (tertiary/aromatic N) is 2. The summed E-state index contributed by atoms with van der Waals surface area (Å²) in [5.41, 5.74) is 3.85. The summed E-state index contributed by atoms with van der Waals surface area (Å²) in [6.07, 6.45) is 3.61. The zero-order chi connectivity index (χ0) is 18.0. The summed E-state index contributed by atoms with van der Waals surface area (Å²) in [7, 11) is 0. The van der Waals surface area contributed by atoms with E-state index < -0.39 is 0 Å². The monoisotopic (exact) mass is 342 g/mol. The fraction of sp³-hybridized carbons (Fsp3) is 0.450. The summed E-state index contributed by atoms with van der Waals surface area (Å²) >= 11 is 0. The molecule has 0 aliphatic heterocycles. The van der Waals surface area contributed by atoms with Crippen molar-refractivity contribution in [1.82, 2.24) is 10.2 Å². The molecule has 25 heavy (non-hydrogen) atoms. The van der Waals surface area contributed by atoms with Gasteiger partial charge in [0.15, 0.2) is 0 Å². The van der Waals surface area contributed by atoms with Gasteiger partial charge < -0.3 is 4.74 Å². The summed E-state index contributed by atoms with van der Waals surface area (Å²) in [6.45, 7) is 5.93. The highest BCUT2D eigenvalue weighted by Crippen LogP contribution is 2.56. The standard InChI is InChI=1S/C16H15FN2.C4H8O2/c1-16-7-6-10(9-16)12-8-14(18-19-15(12)16)11-4-2-3-5-13(11)17;1-3-6-4(2)5/h2-5,8,10H,6-7,9H2,1H3;3H2,1-2H3/t10-,16+;/m0./s1. The SMILES string of the molecule is CCOC(C)=O.C[C@@]12CC[C@@H](C1)c1cc(-c3ccccc3F)nnc12. The van der Waals surface area contributed by atoms with Crippen LogP contribution in [0.25, 0.3) is 11.3 Å². The summed E-state index contributed by atoms with van der Waals surface area (Å²) in [6, 6.07) is 8.82. The Kier molecular flexibility index (Phi) is 4.84. The normalized spacial score (nSPS) is 22.8. The maximum Gasteiger partial charge on any atom is 0.302 e. The number of esters is 1. The van der Waals surface area contributed by atoms with Crippen molar-refractivity contribution in [3.63, 3.8) is 0 Å². The van der Waals surface area contributed by atoms with Gasteiger partial charge in [-0.15, -0.1) is 0 Å². The van der Waals surface area contributed by atoms with Crippen molar-refractivity contribution >= 4 is 5.97 Å². The third-order valence-corrected chi connectivity index (χ3v) is 5.07. The Morgan fingerprint density at radius 3 is 2.76 bits per heavy atom. The molecule has 0 spiro atoms. The van der Waals surface area contributed by atoms with Gasteiger partial charge in [0.2, 0.25) is 0 Å². The zero-order valence-electron chi connectivity index (χ0n) is 14.9. The second-order valence-electron chi connectivity index (χ2n) is 6.94. The fourth-order valence-corrected chi connectivity index (χ4v) is 3.91. The molecule has 0 N–H and O–H groups in total. The lowest BCUT2D eigenvalue weighted by molar-refractivity contribution is -0.140. The lowest BCUT2D eigenvalue weighted by Crippen LogP contribution is -2.18. The molecule has 2 aromatic rings. The molecule has 0 amide bonds. The Morgan fingerprint density at radius 1 is 1.36 bits per heavy atom. The second-order valence-corrected chi connectivity index (χ2v) is 6.94. The van der Waals surface area contributed by atoms with Crippen LogP contribution in [0.4, 0.5) is 4.39 Å². The molecule has 2 aliphatic rings.